The van der Waals surface area contributed by atoms with Crippen molar-refractivity contribution in [2.24, 2.45) is 0 Å². The molecule has 15 heavy (non-hydrogen) atoms. The van der Waals surface area contributed by atoms with Crippen LogP contribution in [0.25, 0.3) is 0 Å². The number of likely N-dealkylation sites (N-methyl/N-ethyl adjacent to an activating group) is 1. The molecule has 0 saturated carbocycles. The molecule has 0 bridgehead atoms. The molecule has 0 spiro atoms. The van der Waals surface area contributed by atoms with Gasteiger partial charge in [-0.2, -0.15) is 8.78 Å². The monoisotopic (exact) mass is 251 g/mol. The summed E-state index contributed by atoms with van der Waals surface area (Å²) in [5, 5.41) is 2.83. The third-order valence-corrected chi connectivity index (χ3v) is 3.19. The lowest BCUT2D eigenvalue weighted by molar-refractivity contribution is -0.00129. The highest BCUT2D eigenvalue weighted by Crippen LogP contribution is 2.33. The van der Waals surface area contributed by atoms with Crippen molar-refractivity contribution in [3.63, 3.8) is 0 Å². The lowest BCUT2D eigenvalue weighted by atomic mass is 10.1. The van der Waals surface area contributed by atoms with E-state index < -0.39 is 5.92 Å². The second kappa shape index (κ2) is 5.14. The molecule has 1 N–H and O–H groups in total. The Bertz CT molecular complexity index is 344. The van der Waals surface area contributed by atoms with E-state index in [1.54, 1.807) is 6.07 Å². The van der Waals surface area contributed by atoms with E-state index in [1.165, 1.54) is 30.9 Å². The molecule has 0 unspecified atom stereocenters. The van der Waals surface area contributed by atoms with Crippen molar-refractivity contribution in [3.05, 3.63) is 28.8 Å². The minimum atomic E-state index is -2.88. The standard InChI is InChI=1S/C10H12ClF2NS/c1-14-6-10(12,13)7-3-4-9(15-2)8(11)5-7/h3-5,14H,6H2,1-2H3. The Labute approximate surface area is 97.2 Å². The van der Waals surface area contributed by atoms with Crippen LogP contribution < -0.4 is 5.32 Å². The number of hydrogen-bond donors (Lipinski definition) is 1. The average molecular weight is 252 g/mol. The fourth-order valence-electron chi connectivity index (χ4n) is 1.22. The molecule has 0 radical (unpaired) electrons. The van der Waals surface area contributed by atoms with Crippen LogP contribution in [0.4, 0.5) is 8.78 Å². The van der Waals surface area contributed by atoms with Crippen LogP contribution >= 0.6 is 23.4 Å². The maximum absolute atomic E-state index is 13.4. The molecule has 0 saturated heterocycles. The van der Waals surface area contributed by atoms with Gasteiger partial charge in [-0.15, -0.1) is 11.8 Å². The smallest absolute Gasteiger partial charge is 0.285 e. The summed E-state index contributed by atoms with van der Waals surface area (Å²) in [4.78, 5) is 0.806. The lowest BCUT2D eigenvalue weighted by Crippen LogP contribution is -2.28. The van der Waals surface area contributed by atoms with E-state index in [1.807, 2.05) is 6.26 Å². The van der Waals surface area contributed by atoms with Gasteiger partial charge in [0.05, 0.1) is 11.6 Å². The second-order valence-electron chi connectivity index (χ2n) is 3.08. The number of halogens is 3. The SMILES string of the molecule is CNCC(F)(F)c1ccc(SC)c(Cl)c1. The maximum Gasteiger partial charge on any atom is 0.285 e. The van der Waals surface area contributed by atoms with E-state index in [9.17, 15) is 8.78 Å². The molecule has 0 aliphatic heterocycles. The van der Waals surface area contributed by atoms with Gasteiger partial charge in [-0.25, -0.2) is 0 Å². The highest BCUT2D eigenvalue weighted by Gasteiger charge is 2.30. The highest BCUT2D eigenvalue weighted by atomic mass is 35.5. The van der Waals surface area contributed by atoms with Gasteiger partial charge in [-0.1, -0.05) is 17.7 Å². The molecule has 0 fully saturated rings. The maximum atomic E-state index is 13.4. The molecular formula is C10H12ClF2NS. The van der Waals surface area contributed by atoms with Crippen LogP contribution in [0.2, 0.25) is 5.02 Å². The first kappa shape index (κ1) is 12.7. The Morgan fingerprint density at radius 3 is 2.60 bits per heavy atom. The summed E-state index contributed by atoms with van der Waals surface area (Å²) in [6, 6.07) is 4.35. The third-order valence-electron chi connectivity index (χ3n) is 1.97. The van der Waals surface area contributed by atoms with E-state index in [0.717, 1.165) is 4.90 Å². The molecule has 84 valence electrons. The van der Waals surface area contributed by atoms with E-state index in [2.05, 4.69) is 5.32 Å². The van der Waals surface area contributed by atoms with Crippen molar-refractivity contribution in [3.8, 4) is 0 Å². The molecule has 0 aromatic heterocycles. The molecule has 1 aromatic rings. The molecule has 0 heterocycles. The van der Waals surface area contributed by atoms with E-state index in [4.69, 9.17) is 11.6 Å². The molecule has 1 rings (SSSR count). The van der Waals surface area contributed by atoms with Crippen LogP contribution in [-0.2, 0) is 5.92 Å². The summed E-state index contributed by atoms with van der Waals surface area (Å²) in [6.07, 6.45) is 1.85. The summed E-state index contributed by atoms with van der Waals surface area (Å²) in [6.45, 7) is -0.387. The van der Waals surface area contributed by atoms with Gasteiger partial charge in [-0.05, 0) is 25.4 Å². The van der Waals surface area contributed by atoms with Crippen molar-refractivity contribution in [2.75, 3.05) is 19.8 Å². The summed E-state index contributed by atoms with van der Waals surface area (Å²) in [5.41, 5.74) is -0.0559. The van der Waals surface area contributed by atoms with E-state index in [0.29, 0.717) is 5.02 Å². The Morgan fingerprint density at radius 2 is 2.13 bits per heavy atom. The van der Waals surface area contributed by atoms with Gasteiger partial charge in [-0.3, -0.25) is 0 Å². The van der Waals surface area contributed by atoms with Crippen LogP contribution in [0.15, 0.2) is 23.1 Å². The third kappa shape index (κ3) is 3.06. The van der Waals surface area contributed by atoms with Crippen LogP contribution in [0.3, 0.4) is 0 Å². The zero-order valence-corrected chi connectivity index (χ0v) is 10.1. The van der Waals surface area contributed by atoms with Gasteiger partial charge < -0.3 is 5.32 Å². The van der Waals surface area contributed by atoms with Crippen LogP contribution in [0.5, 0.6) is 0 Å². The predicted molar refractivity (Wildman–Crippen MR) is 61.1 cm³/mol. The fraction of sp³-hybridized carbons (Fsp3) is 0.400. The molecule has 1 nitrogen and oxygen atoms in total. The summed E-state index contributed by atoms with van der Waals surface area (Å²) in [7, 11) is 1.49. The molecule has 0 atom stereocenters. The van der Waals surface area contributed by atoms with Crippen molar-refractivity contribution >= 4 is 23.4 Å². The topological polar surface area (TPSA) is 12.0 Å². The molecular weight excluding hydrogens is 240 g/mol. The van der Waals surface area contributed by atoms with E-state index >= 15 is 0 Å². The van der Waals surface area contributed by atoms with Crippen molar-refractivity contribution in [1.29, 1.82) is 0 Å². The number of rotatable bonds is 4. The zero-order valence-electron chi connectivity index (χ0n) is 8.48. The Hall–Kier alpha value is -0.320. The number of hydrogen-bond acceptors (Lipinski definition) is 2. The van der Waals surface area contributed by atoms with Gasteiger partial charge in [0.1, 0.15) is 0 Å². The summed E-state index contributed by atoms with van der Waals surface area (Å²) in [5.74, 6) is -2.88. The first-order chi connectivity index (χ1) is 7.01. The minimum absolute atomic E-state index is 0.0559. The van der Waals surface area contributed by atoms with Gasteiger partial charge in [0.2, 0.25) is 0 Å². The normalized spacial score (nSPS) is 11.8. The van der Waals surface area contributed by atoms with Gasteiger partial charge in [0.15, 0.2) is 0 Å². The second-order valence-corrected chi connectivity index (χ2v) is 4.34. The summed E-state index contributed by atoms with van der Waals surface area (Å²) >= 11 is 7.30. The molecule has 0 aliphatic carbocycles. The van der Waals surface area contributed by atoms with Crippen LogP contribution in [0, 0.1) is 0 Å². The lowest BCUT2D eigenvalue weighted by Gasteiger charge is -2.16. The zero-order chi connectivity index (χ0) is 11.5. The average Bonchev–Trinajstić information content (AvgIpc) is 2.17. The number of thioether (sulfide) groups is 1. The van der Waals surface area contributed by atoms with Crippen molar-refractivity contribution in [1.82, 2.24) is 5.32 Å². The van der Waals surface area contributed by atoms with Crippen LogP contribution in [-0.4, -0.2) is 19.8 Å². The Balaban J connectivity index is 3.01. The largest absolute Gasteiger partial charge is 0.314 e. The highest BCUT2D eigenvalue weighted by molar-refractivity contribution is 7.98. The first-order valence-corrected chi connectivity index (χ1v) is 5.98. The molecule has 0 amide bonds. The number of alkyl halides is 2. The van der Waals surface area contributed by atoms with Gasteiger partial charge >= 0.3 is 0 Å². The fourth-order valence-corrected chi connectivity index (χ4v) is 2.09. The van der Waals surface area contributed by atoms with Gasteiger partial charge in [0.25, 0.3) is 5.92 Å². The van der Waals surface area contributed by atoms with Crippen molar-refractivity contribution in [2.45, 2.75) is 10.8 Å². The van der Waals surface area contributed by atoms with Gasteiger partial charge in [0, 0.05) is 10.5 Å². The quantitative estimate of drug-likeness (QED) is 0.824. The predicted octanol–water partition coefficient (Wildman–Crippen LogP) is 3.37. The van der Waals surface area contributed by atoms with Crippen molar-refractivity contribution < 1.29 is 8.78 Å². The van der Waals surface area contributed by atoms with E-state index in [-0.39, 0.29) is 12.1 Å². The molecule has 1 aromatic carbocycles. The Kier molecular flexibility index (Phi) is 4.37. The van der Waals surface area contributed by atoms with Crippen LogP contribution in [0.1, 0.15) is 5.56 Å². The molecule has 0 aliphatic rings. The minimum Gasteiger partial charge on any atom is -0.314 e. The molecule has 5 heteroatoms. The first-order valence-electron chi connectivity index (χ1n) is 4.37. The number of benzene rings is 1. The Morgan fingerprint density at radius 1 is 1.47 bits per heavy atom. The summed E-state index contributed by atoms with van der Waals surface area (Å²) < 4.78 is 26.9. The number of nitrogens with one attached hydrogen (secondary N) is 1.